The Hall–Kier alpha value is -2.01. The van der Waals surface area contributed by atoms with E-state index in [2.05, 4.69) is 25.8 Å². The van der Waals surface area contributed by atoms with Crippen molar-refractivity contribution in [3.05, 3.63) is 36.5 Å². The summed E-state index contributed by atoms with van der Waals surface area (Å²) in [6.07, 6.45) is 1.75. The predicted octanol–water partition coefficient (Wildman–Crippen LogP) is 0.922. The van der Waals surface area contributed by atoms with Crippen LogP contribution in [0.2, 0.25) is 0 Å². The average Bonchev–Trinajstić information content (AvgIpc) is 2.36. The Morgan fingerprint density at radius 3 is 2.59 bits per heavy atom. The second-order valence-corrected chi connectivity index (χ2v) is 4.02. The molecule has 2 N–H and O–H groups in total. The molecule has 0 saturated carbocycles. The molecule has 0 unspecified atom stereocenters. The second-order valence-electron chi connectivity index (χ2n) is 4.02. The molecule has 0 bridgehead atoms. The number of nitrogens with one attached hydrogen (secondary N) is 2. The molecule has 0 amide bonds. The average molecular weight is 227 g/mol. The standard InChI is InChI=1S/C12H13N5/c1-2-6-14-10(3-1)11-4-5-12(17-16-11)15-9-7-13-8-9/h1-6,9,13H,7-8H2,(H,15,17). The van der Waals surface area contributed by atoms with E-state index in [9.17, 15) is 0 Å². The number of pyridine rings is 1. The van der Waals surface area contributed by atoms with Crippen molar-refractivity contribution in [3.8, 4) is 11.4 Å². The highest BCUT2D eigenvalue weighted by Gasteiger charge is 2.16. The lowest BCUT2D eigenvalue weighted by Crippen LogP contribution is -2.51. The molecule has 3 heterocycles. The zero-order chi connectivity index (χ0) is 11.5. The zero-order valence-electron chi connectivity index (χ0n) is 9.30. The van der Waals surface area contributed by atoms with Crippen LogP contribution in [-0.2, 0) is 0 Å². The van der Waals surface area contributed by atoms with Gasteiger partial charge in [0.2, 0.25) is 0 Å². The van der Waals surface area contributed by atoms with Crippen molar-refractivity contribution < 1.29 is 0 Å². The van der Waals surface area contributed by atoms with E-state index in [-0.39, 0.29) is 0 Å². The minimum atomic E-state index is 0.477. The summed E-state index contributed by atoms with van der Waals surface area (Å²) in [6.45, 7) is 1.98. The van der Waals surface area contributed by atoms with E-state index >= 15 is 0 Å². The van der Waals surface area contributed by atoms with Crippen molar-refractivity contribution in [3.63, 3.8) is 0 Å². The van der Waals surface area contributed by atoms with Crippen molar-refractivity contribution in [2.45, 2.75) is 6.04 Å². The zero-order valence-corrected chi connectivity index (χ0v) is 9.30. The Morgan fingerprint density at radius 2 is 2.00 bits per heavy atom. The lowest BCUT2D eigenvalue weighted by atomic mass is 10.2. The predicted molar refractivity (Wildman–Crippen MR) is 65.5 cm³/mol. The van der Waals surface area contributed by atoms with E-state index in [4.69, 9.17) is 0 Å². The molecular weight excluding hydrogens is 214 g/mol. The van der Waals surface area contributed by atoms with Gasteiger partial charge in [-0.25, -0.2) is 0 Å². The molecule has 1 saturated heterocycles. The smallest absolute Gasteiger partial charge is 0.148 e. The van der Waals surface area contributed by atoms with Gasteiger partial charge in [0.1, 0.15) is 11.5 Å². The van der Waals surface area contributed by atoms with Crippen LogP contribution in [0.25, 0.3) is 11.4 Å². The number of anilines is 1. The van der Waals surface area contributed by atoms with Gasteiger partial charge in [-0.3, -0.25) is 4.98 Å². The van der Waals surface area contributed by atoms with Gasteiger partial charge in [0.15, 0.2) is 0 Å². The summed E-state index contributed by atoms with van der Waals surface area (Å²) in [4.78, 5) is 4.23. The van der Waals surface area contributed by atoms with Crippen LogP contribution in [0.3, 0.4) is 0 Å². The summed E-state index contributed by atoms with van der Waals surface area (Å²) in [5.74, 6) is 0.816. The van der Waals surface area contributed by atoms with Crippen LogP contribution in [0.1, 0.15) is 0 Å². The van der Waals surface area contributed by atoms with Crippen LogP contribution >= 0.6 is 0 Å². The number of rotatable bonds is 3. The number of aromatic nitrogens is 3. The fourth-order valence-electron chi connectivity index (χ4n) is 1.66. The normalized spacial score (nSPS) is 15.3. The molecule has 0 spiro atoms. The largest absolute Gasteiger partial charge is 0.363 e. The monoisotopic (exact) mass is 227 g/mol. The first-order chi connectivity index (χ1) is 8.42. The molecule has 0 aliphatic carbocycles. The number of hydrogen-bond donors (Lipinski definition) is 2. The Morgan fingerprint density at radius 1 is 1.06 bits per heavy atom. The van der Waals surface area contributed by atoms with Crippen LogP contribution in [0.5, 0.6) is 0 Å². The van der Waals surface area contributed by atoms with Gasteiger partial charge in [0, 0.05) is 19.3 Å². The topological polar surface area (TPSA) is 62.7 Å². The van der Waals surface area contributed by atoms with Gasteiger partial charge in [0.25, 0.3) is 0 Å². The first kappa shape index (κ1) is 10.2. The maximum Gasteiger partial charge on any atom is 0.148 e. The minimum Gasteiger partial charge on any atom is -0.363 e. The highest BCUT2D eigenvalue weighted by Crippen LogP contribution is 2.14. The maximum absolute atomic E-state index is 4.23. The summed E-state index contributed by atoms with van der Waals surface area (Å²) in [7, 11) is 0. The van der Waals surface area contributed by atoms with Crippen LogP contribution in [0, 0.1) is 0 Å². The van der Waals surface area contributed by atoms with Gasteiger partial charge in [-0.05, 0) is 24.3 Å². The van der Waals surface area contributed by atoms with Gasteiger partial charge >= 0.3 is 0 Å². The van der Waals surface area contributed by atoms with Crippen molar-refractivity contribution in [1.29, 1.82) is 0 Å². The molecule has 1 aliphatic heterocycles. The van der Waals surface area contributed by atoms with E-state index in [0.29, 0.717) is 6.04 Å². The van der Waals surface area contributed by atoms with Crippen molar-refractivity contribution in [1.82, 2.24) is 20.5 Å². The van der Waals surface area contributed by atoms with Gasteiger partial charge in [0.05, 0.1) is 11.7 Å². The van der Waals surface area contributed by atoms with E-state index in [1.54, 1.807) is 6.20 Å². The summed E-state index contributed by atoms with van der Waals surface area (Å²) in [6, 6.07) is 10.1. The molecule has 17 heavy (non-hydrogen) atoms. The van der Waals surface area contributed by atoms with Crippen molar-refractivity contribution >= 4 is 5.82 Å². The highest BCUT2D eigenvalue weighted by molar-refractivity contribution is 5.54. The molecule has 5 nitrogen and oxygen atoms in total. The molecule has 3 rings (SSSR count). The fraction of sp³-hybridized carbons (Fsp3) is 0.250. The van der Waals surface area contributed by atoms with E-state index in [0.717, 1.165) is 30.3 Å². The fourth-order valence-corrected chi connectivity index (χ4v) is 1.66. The van der Waals surface area contributed by atoms with E-state index in [1.807, 2.05) is 30.3 Å². The first-order valence-corrected chi connectivity index (χ1v) is 5.64. The van der Waals surface area contributed by atoms with Crippen LogP contribution in [-0.4, -0.2) is 34.3 Å². The molecule has 0 atom stereocenters. The molecule has 86 valence electrons. The second kappa shape index (κ2) is 4.47. The SMILES string of the molecule is c1ccc(-c2ccc(NC3CNC3)nn2)nc1. The van der Waals surface area contributed by atoms with E-state index in [1.165, 1.54) is 0 Å². The number of nitrogens with zero attached hydrogens (tertiary/aromatic N) is 3. The minimum absolute atomic E-state index is 0.477. The molecule has 2 aromatic heterocycles. The molecule has 1 fully saturated rings. The third-order valence-electron chi connectivity index (χ3n) is 2.73. The van der Waals surface area contributed by atoms with Gasteiger partial charge in [-0.1, -0.05) is 6.07 Å². The quantitative estimate of drug-likeness (QED) is 0.816. The third kappa shape index (κ3) is 2.24. The Kier molecular flexibility index (Phi) is 2.67. The molecule has 1 aliphatic rings. The molecule has 2 aromatic rings. The summed E-state index contributed by atoms with van der Waals surface area (Å²) in [5.41, 5.74) is 1.64. The molecule has 5 heteroatoms. The lowest BCUT2D eigenvalue weighted by Gasteiger charge is -2.28. The van der Waals surface area contributed by atoms with Crippen molar-refractivity contribution in [2.24, 2.45) is 0 Å². The Bertz CT molecular complexity index is 478. The Balaban J connectivity index is 1.75. The lowest BCUT2D eigenvalue weighted by molar-refractivity contribution is 0.470. The Labute approximate surface area is 99.3 Å². The third-order valence-corrected chi connectivity index (χ3v) is 2.73. The van der Waals surface area contributed by atoms with Crippen LogP contribution < -0.4 is 10.6 Å². The highest BCUT2D eigenvalue weighted by atomic mass is 15.2. The van der Waals surface area contributed by atoms with Gasteiger partial charge in [-0.2, -0.15) is 0 Å². The summed E-state index contributed by atoms with van der Waals surface area (Å²) >= 11 is 0. The van der Waals surface area contributed by atoms with Crippen LogP contribution in [0.4, 0.5) is 5.82 Å². The number of hydrogen-bond acceptors (Lipinski definition) is 5. The summed E-state index contributed by atoms with van der Waals surface area (Å²) < 4.78 is 0. The van der Waals surface area contributed by atoms with Gasteiger partial charge < -0.3 is 10.6 Å². The first-order valence-electron chi connectivity index (χ1n) is 5.64. The molecule has 0 radical (unpaired) electrons. The van der Waals surface area contributed by atoms with Gasteiger partial charge in [-0.15, -0.1) is 10.2 Å². The molecular formula is C12H13N5. The summed E-state index contributed by atoms with van der Waals surface area (Å²) in [5, 5.41) is 14.8. The van der Waals surface area contributed by atoms with Crippen LogP contribution in [0.15, 0.2) is 36.5 Å². The molecule has 0 aromatic carbocycles. The van der Waals surface area contributed by atoms with E-state index < -0.39 is 0 Å². The maximum atomic E-state index is 4.23. The van der Waals surface area contributed by atoms with Crippen molar-refractivity contribution in [2.75, 3.05) is 18.4 Å².